The number of nitrogens with zero attached hydrogens (tertiary/aromatic N) is 2. The number of aryl methyl sites for hydroxylation is 1. The summed E-state index contributed by atoms with van der Waals surface area (Å²) in [5, 5.41) is 11.4. The van der Waals surface area contributed by atoms with Gasteiger partial charge in [-0.15, -0.1) is 0 Å². The van der Waals surface area contributed by atoms with Gasteiger partial charge in [-0.25, -0.2) is 0 Å². The molecule has 1 aliphatic rings. The van der Waals surface area contributed by atoms with Crippen molar-refractivity contribution in [2.75, 3.05) is 13.2 Å². The maximum atomic E-state index is 13.2. The van der Waals surface area contributed by atoms with Crippen LogP contribution in [-0.2, 0) is 16.1 Å². The number of hydrogen-bond acceptors (Lipinski definition) is 7. The minimum atomic E-state index is -0.907. The molecule has 0 saturated carbocycles. The maximum Gasteiger partial charge on any atom is 0.296 e. The second-order valence-corrected chi connectivity index (χ2v) is 7.76. The molecule has 1 saturated heterocycles. The molecule has 1 aromatic carbocycles. The molecule has 1 atom stereocenters. The molecule has 0 radical (unpaired) electrons. The number of furan rings is 1. The minimum Gasteiger partial charge on any atom is -0.507 e. The number of aromatic nitrogens is 1. The number of aliphatic hydroxyl groups excluding tert-OH is 1. The smallest absolute Gasteiger partial charge is 0.296 e. The van der Waals surface area contributed by atoms with Crippen LogP contribution in [0.3, 0.4) is 0 Å². The molecule has 1 N–H and O–H groups in total. The molecule has 1 unspecified atom stereocenters. The van der Waals surface area contributed by atoms with Crippen LogP contribution in [-0.4, -0.2) is 39.9 Å². The number of likely N-dealkylation sites (tertiary alicyclic amines) is 1. The zero-order chi connectivity index (χ0) is 24.2. The van der Waals surface area contributed by atoms with Crippen LogP contribution in [0.25, 0.3) is 5.76 Å². The van der Waals surface area contributed by atoms with Crippen molar-refractivity contribution in [1.29, 1.82) is 0 Å². The van der Waals surface area contributed by atoms with Gasteiger partial charge in [-0.3, -0.25) is 14.6 Å². The molecule has 0 spiro atoms. The predicted octanol–water partition coefficient (Wildman–Crippen LogP) is 4.40. The van der Waals surface area contributed by atoms with E-state index in [0.29, 0.717) is 36.2 Å². The number of Topliss-reactive ketones (excluding diaryl/α,β-unsaturated/α-hetero) is 1. The van der Waals surface area contributed by atoms with E-state index >= 15 is 0 Å². The minimum absolute atomic E-state index is 0.0617. The van der Waals surface area contributed by atoms with Gasteiger partial charge in [0.25, 0.3) is 11.7 Å². The van der Waals surface area contributed by atoms with E-state index < -0.39 is 17.7 Å². The third-order valence-electron chi connectivity index (χ3n) is 5.47. The van der Waals surface area contributed by atoms with E-state index in [1.54, 1.807) is 55.7 Å². The van der Waals surface area contributed by atoms with Gasteiger partial charge in [0.1, 0.15) is 34.8 Å². The summed E-state index contributed by atoms with van der Waals surface area (Å²) < 4.78 is 17.1. The van der Waals surface area contributed by atoms with Crippen LogP contribution < -0.4 is 9.47 Å². The lowest BCUT2D eigenvalue weighted by atomic mass is 9.98. The molecule has 1 fully saturated rings. The molecule has 1 amide bonds. The van der Waals surface area contributed by atoms with E-state index in [-0.39, 0.29) is 23.4 Å². The summed E-state index contributed by atoms with van der Waals surface area (Å²) in [4.78, 5) is 31.8. The molecule has 8 nitrogen and oxygen atoms in total. The first-order valence-corrected chi connectivity index (χ1v) is 11.1. The molecule has 176 valence electrons. The third kappa shape index (κ3) is 4.39. The summed E-state index contributed by atoms with van der Waals surface area (Å²) in [5.74, 6) is 0.0586. The Morgan fingerprint density at radius 1 is 1.12 bits per heavy atom. The summed E-state index contributed by atoms with van der Waals surface area (Å²) in [6.07, 6.45) is 3.26. The predicted molar refractivity (Wildman–Crippen MR) is 124 cm³/mol. The molecule has 0 aliphatic carbocycles. The fourth-order valence-electron chi connectivity index (χ4n) is 4.00. The zero-order valence-corrected chi connectivity index (χ0v) is 19.3. The number of hydrogen-bond donors (Lipinski definition) is 1. The number of benzene rings is 1. The zero-order valence-electron chi connectivity index (χ0n) is 19.3. The summed E-state index contributed by atoms with van der Waals surface area (Å²) in [7, 11) is 0. The standard InChI is InChI=1S/C26H26N2O6/c1-4-32-18-9-10-19(21(13-18)33-5-2)24(29)22-23(20-11-8-16(3)34-20)28(26(31)25(22)30)15-17-7-6-12-27-14-17/h6-14,23,29H,4-5,15H2,1-3H3/b24-22-. The first kappa shape index (κ1) is 23.1. The van der Waals surface area contributed by atoms with Gasteiger partial charge in [0.05, 0.1) is 24.4 Å². The van der Waals surface area contributed by atoms with Gasteiger partial charge in [0.2, 0.25) is 0 Å². The van der Waals surface area contributed by atoms with Gasteiger partial charge in [-0.1, -0.05) is 6.07 Å². The molecule has 0 bridgehead atoms. The Labute approximate surface area is 197 Å². The van der Waals surface area contributed by atoms with Gasteiger partial charge in [0.15, 0.2) is 0 Å². The summed E-state index contributed by atoms with van der Waals surface area (Å²) in [6.45, 7) is 6.39. The number of rotatable bonds is 8. The first-order valence-electron chi connectivity index (χ1n) is 11.1. The topological polar surface area (TPSA) is 102 Å². The molecule has 1 aliphatic heterocycles. The second-order valence-electron chi connectivity index (χ2n) is 7.76. The third-order valence-corrected chi connectivity index (χ3v) is 5.47. The average Bonchev–Trinajstić information content (AvgIpc) is 3.36. The van der Waals surface area contributed by atoms with E-state index in [4.69, 9.17) is 13.9 Å². The summed E-state index contributed by atoms with van der Waals surface area (Å²) >= 11 is 0. The number of aliphatic hydroxyl groups is 1. The molecule has 3 aromatic rings. The van der Waals surface area contributed by atoms with Crippen LogP contribution in [0.5, 0.6) is 11.5 Å². The molecule has 4 rings (SSSR count). The highest BCUT2D eigenvalue weighted by Gasteiger charge is 2.47. The van der Waals surface area contributed by atoms with Crippen molar-refractivity contribution in [2.24, 2.45) is 0 Å². The lowest BCUT2D eigenvalue weighted by Crippen LogP contribution is -2.29. The van der Waals surface area contributed by atoms with Gasteiger partial charge < -0.3 is 23.9 Å². The molecular formula is C26H26N2O6. The Hall–Kier alpha value is -4.07. The van der Waals surface area contributed by atoms with Crippen molar-refractivity contribution < 1.29 is 28.6 Å². The normalized spacial score (nSPS) is 17.3. The highest BCUT2D eigenvalue weighted by Crippen LogP contribution is 2.42. The number of ether oxygens (including phenoxy) is 2. The SMILES string of the molecule is CCOc1ccc(/C(O)=C2/C(=O)C(=O)N(Cc3cccnc3)C2c2ccc(C)o2)c(OCC)c1. The Kier molecular flexibility index (Phi) is 6.67. The van der Waals surface area contributed by atoms with Crippen molar-refractivity contribution in [3.8, 4) is 11.5 Å². The Bertz CT molecular complexity index is 1230. The van der Waals surface area contributed by atoms with Crippen LogP contribution in [0.15, 0.2) is 64.8 Å². The largest absolute Gasteiger partial charge is 0.507 e. The van der Waals surface area contributed by atoms with Crippen LogP contribution in [0, 0.1) is 6.92 Å². The lowest BCUT2D eigenvalue weighted by Gasteiger charge is -2.23. The van der Waals surface area contributed by atoms with Crippen LogP contribution >= 0.6 is 0 Å². The van der Waals surface area contributed by atoms with E-state index in [2.05, 4.69) is 4.98 Å². The number of carbonyl (C=O) groups is 2. The van der Waals surface area contributed by atoms with Crippen molar-refractivity contribution in [3.05, 3.63) is 83.1 Å². The first-order chi connectivity index (χ1) is 16.4. The van der Waals surface area contributed by atoms with E-state index in [9.17, 15) is 14.7 Å². The van der Waals surface area contributed by atoms with Gasteiger partial charge in [-0.2, -0.15) is 0 Å². The van der Waals surface area contributed by atoms with Gasteiger partial charge >= 0.3 is 0 Å². The van der Waals surface area contributed by atoms with Crippen molar-refractivity contribution in [1.82, 2.24) is 9.88 Å². The van der Waals surface area contributed by atoms with Gasteiger partial charge in [0, 0.05) is 25.0 Å². The second kappa shape index (κ2) is 9.82. The summed E-state index contributed by atoms with van der Waals surface area (Å²) in [6, 6.07) is 11.1. The number of carbonyl (C=O) groups excluding carboxylic acids is 2. The van der Waals surface area contributed by atoms with Crippen molar-refractivity contribution >= 4 is 17.4 Å². The number of ketones is 1. The molecule has 34 heavy (non-hydrogen) atoms. The van der Waals surface area contributed by atoms with E-state index in [1.165, 1.54) is 4.90 Å². The fourth-order valence-corrected chi connectivity index (χ4v) is 4.00. The quantitative estimate of drug-likeness (QED) is 0.301. The monoisotopic (exact) mass is 462 g/mol. The lowest BCUT2D eigenvalue weighted by molar-refractivity contribution is -0.140. The van der Waals surface area contributed by atoms with Crippen LogP contribution in [0.1, 0.15) is 42.5 Å². The summed E-state index contributed by atoms with van der Waals surface area (Å²) in [5.41, 5.74) is 0.972. The van der Waals surface area contributed by atoms with Crippen molar-refractivity contribution in [2.45, 2.75) is 33.4 Å². The van der Waals surface area contributed by atoms with E-state index in [0.717, 1.165) is 5.56 Å². The molecule has 8 heteroatoms. The molecular weight excluding hydrogens is 436 g/mol. The molecule has 2 aromatic heterocycles. The van der Waals surface area contributed by atoms with Crippen LogP contribution in [0.4, 0.5) is 0 Å². The Morgan fingerprint density at radius 2 is 1.91 bits per heavy atom. The fraction of sp³-hybridized carbons (Fsp3) is 0.269. The van der Waals surface area contributed by atoms with Gasteiger partial charge in [-0.05, 0) is 56.7 Å². The Morgan fingerprint density at radius 3 is 2.56 bits per heavy atom. The highest BCUT2D eigenvalue weighted by molar-refractivity contribution is 6.46. The van der Waals surface area contributed by atoms with Crippen molar-refractivity contribution in [3.63, 3.8) is 0 Å². The average molecular weight is 463 g/mol. The highest BCUT2D eigenvalue weighted by atomic mass is 16.5. The van der Waals surface area contributed by atoms with E-state index in [1.807, 2.05) is 19.9 Å². The Balaban J connectivity index is 1.86. The van der Waals surface area contributed by atoms with Crippen LogP contribution in [0.2, 0.25) is 0 Å². The maximum absolute atomic E-state index is 13.2. The number of amides is 1. The number of pyridine rings is 1. The molecule has 3 heterocycles.